The highest BCUT2D eigenvalue weighted by molar-refractivity contribution is 6.30. The highest BCUT2D eigenvalue weighted by Crippen LogP contribution is 2.11. The molecule has 0 aliphatic rings. The van der Waals surface area contributed by atoms with Gasteiger partial charge >= 0.3 is 12.1 Å². The monoisotopic (exact) mass is 361 g/mol. The fraction of sp³-hybridized carbons (Fsp3) is 0.167. The second-order valence-electron chi connectivity index (χ2n) is 5.22. The molecular formula is C18H16ClNO5. The van der Waals surface area contributed by atoms with E-state index in [9.17, 15) is 14.4 Å². The summed E-state index contributed by atoms with van der Waals surface area (Å²) in [6.45, 7) is -1.04. The zero-order chi connectivity index (χ0) is 18.2. The second kappa shape index (κ2) is 8.84. The third-order valence-corrected chi connectivity index (χ3v) is 3.54. The molecule has 0 aliphatic carbocycles. The molecule has 0 aromatic heterocycles. The number of rotatable bonds is 7. The van der Waals surface area contributed by atoms with Crippen molar-refractivity contribution in [1.82, 2.24) is 4.90 Å². The number of carboxylic acid groups (broad SMARTS) is 1. The van der Waals surface area contributed by atoms with Crippen LogP contribution >= 0.6 is 11.6 Å². The Morgan fingerprint density at radius 3 is 2.20 bits per heavy atom. The van der Waals surface area contributed by atoms with Crippen molar-refractivity contribution in [2.24, 2.45) is 0 Å². The van der Waals surface area contributed by atoms with Gasteiger partial charge in [-0.15, -0.1) is 0 Å². The lowest BCUT2D eigenvalue weighted by molar-refractivity contribution is -0.137. The van der Waals surface area contributed by atoms with E-state index >= 15 is 0 Å². The molecule has 0 fully saturated rings. The van der Waals surface area contributed by atoms with E-state index in [1.807, 2.05) is 6.07 Å². The number of carbonyl (C=O) groups is 3. The Labute approximate surface area is 149 Å². The minimum Gasteiger partial charge on any atom is -0.480 e. The zero-order valence-corrected chi connectivity index (χ0v) is 14.0. The lowest BCUT2D eigenvalue weighted by Gasteiger charge is -2.19. The molecule has 0 saturated carbocycles. The van der Waals surface area contributed by atoms with E-state index in [1.165, 1.54) is 12.1 Å². The van der Waals surface area contributed by atoms with Crippen LogP contribution in [0.5, 0.6) is 0 Å². The Balaban J connectivity index is 2.01. The number of ketones is 1. The van der Waals surface area contributed by atoms with Crippen molar-refractivity contribution in [1.29, 1.82) is 0 Å². The number of ether oxygens (including phenoxy) is 1. The molecule has 0 aliphatic heterocycles. The number of carbonyl (C=O) groups excluding carboxylic acids is 2. The third kappa shape index (κ3) is 5.93. The lowest BCUT2D eigenvalue weighted by Crippen LogP contribution is -2.39. The molecule has 130 valence electrons. The summed E-state index contributed by atoms with van der Waals surface area (Å²) < 4.78 is 5.10. The number of Topliss-reactive ketones (excluding diaryl/α,β-unsaturated/α-hetero) is 1. The number of amides is 1. The molecule has 1 amide bonds. The molecular weight excluding hydrogens is 346 g/mol. The molecule has 0 atom stereocenters. The smallest absolute Gasteiger partial charge is 0.411 e. The van der Waals surface area contributed by atoms with Crippen molar-refractivity contribution in [3.8, 4) is 0 Å². The topological polar surface area (TPSA) is 83.9 Å². The fourth-order valence-electron chi connectivity index (χ4n) is 2.06. The number of aliphatic carboxylic acids is 1. The lowest BCUT2D eigenvalue weighted by atomic mass is 10.1. The Morgan fingerprint density at radius 1 is 0.960 bits per heavy atom. The molecule has 0 heterocycles. The van der Waals surface area contributed by atoms with Gasteiger partial charge in [-0.3, -0.25) is 14.5 Å². The molecule has 2 aromatic carbocycles. The number of hydrogen-bond donors (Lipinski definition) is 1. The van der Waals surface area contributed by atoms with Gasteiger partial charge in [0.05, 0.1) is 6.54 Å². The van der Waals surface area contributed by atoms with Gasteiger partial charge in [0.15, 0.2) is 5.78 Å². The molecule has 2 aromatic rings. The van der Waals surface area contributed by atoms with Crippen LogP contribution < -0.4 is 0 Å². The van der Waals surface area contributed by atoms with Crippen LogP contribution in [0.25, 0.3) is 0 Å². The number of nitrogens with zero attached hydrogens (tertiary/aromatic N) is 1. The van der Waals surface area contributed by atoms with Gasteiger partial charge < -0.3 is 9.84 Å². The predicted octanol–water partition coefficient (Wildman–Crippen LogP) is 3.25. The first kappa shape index (κ1) is 18.5. The third-order valence-electron chi connectivity index (χ3n) is 3.29. The summed E-state index contributed by atoms with van der Waals surface area (Å²) in [7, 11) is 0. The van der Waals surface area contributed by atoms with Crippen LogP contribution in [-0.4, -0.2) is 40.9 Å². The van der Waals surface area contributed by atoms with E-state index in [-0.39, 0.29) is 6.61 Å². The van der Waals surface area contributed by atoms with Crippen molar-refractivity contribution in [2.45, 2.75) is 6.61 Å². The first-order valence-corrected chi connectivity index (χ1v) is 7.79. The van der Waals surface area contributed by atoms with Gasteiger partial charge in [0.2, 0.25) is 0 Å². The summed E-state index contributed by atoms with van der Waals surface area (Å²) in [5.74, 6) is -1.64. The van der Waals surface area contributed by atoms with Crippen molar-refractivity contribution in [2.75, 3.05) is 13.1 Å². The quantitative estimate of drug-likeness (QED) is 0.765. The van der Waals surface area contributed by atoms with Crippen molar-refractivity contribution in [3.63, 3.8) is 0 Å². The van der Waals surface area contributed by atoms with E-state index in [0.29, 0.717) is 10.6 Å². The van der Waals surface area contributed by atoms with Gasteiger partial charge in [-0.1, -0.05) is 41.9 Å². The molecule has 0 spiro atoms. The molecule has 1 N–H and O–H groups in total. The van der Waals surface area contributed by atoms with E-state index in [4.69, 9.17) is 21.4 Å². The van der Waals surface area contributed by atoms with Gasteiger partial charge in [-0.2, -0.15) is 0 Å². The summed E-state index contributed by atoms with van der Waals surface area (Å²) in [5, 5.41) is 9.43. The van der Waals surface area contributed by atoms with Crippen LogP contribution in [0.2, 0.25) is 5.02 Å². The average Bonchev–Trinajstić information content (AvgIpc) is 2.60. The summed E-state index contributed by atoms with van der Waals surface area (Å²) >= 11 is 5.77. The van der Waals surface area contributed by atoms with E-state index in [1.54, 1.807) is 36.4 Å². The molecule has 25 heavy (non-hydrogen) atoms. The van der Waals surface area contributed by atoms with Gasteiger partial charge in [0, 0.05) is 10.6 Å². The fourth-order valence-corrected chi connectivity index (χ4v) is 2.19. The Kier molecular flexibility index (Phi) is 6.54. The van der Waals surface area contributed by atoms with Crippen LogP contribution in [0.4, 0.5) is 4.79 Å². The SMILES string of the molecule is O=C(O)CN(CC(=O)c1ccc(Cl)cc1)C(=O)OCc1ccccc1. The molecule has 0 bridgehead atoms. The second-order valence-corrected chi connectivity index (χ2v) is 5.66. The predicted molar refractivity (Wildman–Crippen MR) is 91.6 cm³/mol. The van der Waals surface area contributed by atoms with Crippen molar-refractivity contribution in [3.05, 3.63) is 70.7 Å². The summed E-state index contributed by atoms with van der Waals surface area (Å²) in [5.41, 5.74) is 1.09. The summed E-state index contributed by atoms with van der Waals surface area (Å²) in [6.07, 6.45) is -0.867. The molecule has 7 heteroatoms. The maximum Gasteiger partial charge on any atom is 0.411 e. The van der Waals surface area contributed by atoms with E-state index in [0.717, 1.165) is 10.5 Å². The maximum atomic E-state index is 12.2. The molecule has 0 unspecified atom stereocenters. The van der Waals surface area contributed by atoms with Crippen molar-refractivity contribution < 1.29 is 24.2 Å². The number of carboxylic acids is 1. The minimum atomic E-state index is -1.24. The molecule has 6 nitrogen and oxygen atoms in total. The number of hydrogen-bond acceptors (Lipinski definition) is 4. The Hall–Kier alpha value is -2.86. The van der Waals surface area contributed by atoms with Crippen LogP contribution in [0.1, 0.15) is 15.9 Å². The molecule has 2 rings (SSSR count). The largest absolute Gasteiger partial charge is 0.480 e. The van der Waals surface area contributed by atoms with E-state index < -0.39 is 30.9 Å². The van der Waals surface area contributed by atoms with E-state index in [2.05, 4.69) is 0 Å². The number of benzene rings is 2. The minimum absolute atomic E-state index is 0.00900. The van der Waals surface area contributed by atoms with Gasteiger partial charge in [0.25, 0.3) is 0 Å². The Bertz CT molecular complexity index is 746. The zero-order valence-electron chi connectivity index (χ0n) is 13.2. The van der Waals surface area contributed by atoms with Gasteiger partial charge in [-0.25, -0.2) is 4.79 Å². The number of halogens is 1. The maximum absolute atomic E-state index is 12.2. The van der Waals surface area contributed by atoms with Crippen molar-refractivity contribution >= 4 is 29.4 Å². The molecule has 0 saturated heterocycles. The Morgan fingerprint density at radius 2 is 1.60 bits per heavy atom. The standard InChI is InChI=1S/C18H16ClNO5/c19-15-8-6-14(7-9-15)16(21)10-20(11-17(22)23)18(24)25-12-13-4-2-1-3-5-13/h1-9H,10-12H2,(H,22,23). The first-order valence-electron chi connectivity index (χ1n) is 7.42. The summed E-state index contributed by atoms with van der Waals surface area (Å²) in [6, 6.07) is 15.1. The van der Waals surface area contributed by atoms with Crippen LogP contribution in [0.15, 0.2) is 54.6 Å². The highest BCUT2D eigenvalue weighted by atomic mass is 35.5. The van der Waals surface area contributed by atoms with Gasteiger partial charge in [-0.05, 0) is 29.8 Å². The van der Waals surface area contributed by atoms with Crippen LogP contribution in [0, 0.1) is 0 Å². The highest BCUT2D eigenvalue weighted by Gasteiger charge is 2.22. The normalized spacial score (nSPS) is 10.1. The van der Waals surface area contributed by atoms with Crippen LogP contribution in [0.3, 0.4) is 0 Å². The first-order chi connectivity index (χ1) is 12.0. The average molecular weight is 362 g/mol. The van der Waals surface area contributed by atoms with Gasteiger partial charge in [0.1, 0.15) is 13.2 Å². The van der Waals surface area contributed by atoms with Crippen LogP contribution in [-0.2, 0) is 16.1 Å². The molecule has 0 radical (unpaired) electrons. The summed E-state index contributed by atoms with van der Waals surface area (Å²) in [4.78, 5) is 36.2.